The topological polar surface area (TPSA) is 55.4 Å². The van der Waals surface area contributed by atoms with Crippen molar-refractivity contribution in [2.45, 2.75) is 13.1 Å². The molecule has 0 spiro atoms. The standard InChI is InChI=1S/C23H18F3NO3/c1-14-11-15(17-7-3-4-9-19(17)21(28)30-2)13-16(12-14)18-8-5-6-10-20(18)27-22(29)23(24,25)26/h3-13H,1-2H3,(H,27,29). The molecule has 0 heterocycles. The average molecular weight is 413 g/mol. The Hall–Kier alpha value is -3.61. The number of carbonyl (C=O) groups excluding carboxylic acids is 2. The number of carbonyl (C=O) groups is 2. The molecule has 0 saturated heterocycles. The molecular formula is C23H18F3NO3. The molecule has 4 nitrogen and oxygen atoms in total. The minimum Gasteiger partial charge on any atom is -0.465 e. The number of benzene rings is 3. The first-order chi connectivity index (χ1) is 14.2. The van der Waals surface area contributed by atoms with Crippen LogP contribution in [0.5, 0.6) is 0 Å². The molecule has 0 aliphatic rings. The van der Waals surface area contributed by atoms with Gasteiger partial charge >= 0.3 is 18.1 Å². The number of anilines is 1. The van der Waals surface area contributed by atoms with Crippen LogP contribution < -0.4 is 5.32 Å². The molecule has 1 N–H and O–H groups in total. The fraction of sp³-hybridized carbons (Fsp3) is 0.130. The third kappa shape index (κ3) is 4.51. The molecule has 1 amide bonds. The average Bonchev–Trinajstić information content (AvgIpc) is 2.72. The van der Waals surface area contributed by atoms with Crippen molar-refractivity contribution in [3.05, 3.63) is 77.9 Å². The number of alkyl halides is 3. The van der Waals surface area contributed by atoms with Crippen molar-refractivity contribution in [2.75, 3.05) is 12.4 Å². The Morgan fingerprint density at radius 1 is 0.867 bits per heavy atom. The predicted molar refractivity (Wildman–Crippen MR) is 108 cm³/mol. The van der Waals surface area contributed by atoms with Crippen LogP contribution >= 0.6 is 0 Å². The van der Waals surface area contributed by atoms with Gasteiger partial charge in [0.2, 0.25) is 0 Å². The predicted octanol–water partition coefficient (Wildman–Crippen LogP) is 5.62. The second kappa shape index (κ2) is 8.41. The number of nitrogens with one attached hydrogen (secondary N) is 1. The highest BCUT2D eigenvalue weighted by molar-refractivity contribution is 6.00. The number of hydrogen-bond donors (Lipinski definition) is 1. The third-order valence-electron chi connectivity index (χ3n) is 4.46. The summed E-state index contributed by atoms with van der Waals surface area (Å²) in [6, 6.07) is 18.6. The van der Waals surface area contributed by atoms with Gasteiger partial charge in [0.25, 0.3) is 0 Å². The summed E-state index contributed by atoms with van der Waals surface area (Å²) >= 11 is 0. The van der Waals surface area contributed by atoms with E-state index in [0.29, 0.717) is 27.8 Å². The van der Waals surface area contributed by atoms with Crippen molar-refractivity contribution in [1.29, 1.82) is 0 Å². The first-order valence-electron chi connectivity index (χ1n) is 8.97. The maximum absolute atomic E-state index is 12.7. The molecule has 0 unspecified atom stereocenters. The van der Waals surface area contributed by atoms with Gasteiger partial charge in [-0.05, 0) is 47.4 Å². The summed E-state index contributed by atoms with van der Waals surface area (Å²) in [6.45, 7) is 1.84. The van der Waals surface area contributed by atoms with Crippen molar-refractivity contribution >= 4 is 17.6 Å². The summed E-state index contributed by atoms with van der Waals surface area (Å²) < 4.78 is 43.0. The van der Waals surface area contributed by atoms with E-state index >= 15 is 0 Å². The van der Waals surface area contributed by atoms with Crippen LogP contribution in [0.15, 0.2) is 66.7 Å². The van der Waals surface area contributed by atoms with Crippen molar-refractivity contribution in [3.8, 4) is 22.3 Å². The second-order valence-corrected chi connectivity index (χ2v) is 6.62. The van der Waals surface area contributed by atoms with Crippen LogP contribution in [0.3, 0.4) is 0 Å². The van der Waals surface area contributed by atoms with E-state index < -0.39 is 18.1 Å². The van der Waals surface area contributed by atoms with E-state index in [-0.39, 0.29) is 5.69 Å². The number of para-hydroxylation sites is 1. The van der Waals surface area contributed by atoms with Gasteiger partial charge in [-0.25, -0.2) is 4.79 Å². The molecule has 0 aliphatic heterocycles. The molecule has 0 aliphatic carbocycles. The largest absolute Gasteiger partial charge is 0.471 e. The number of rotatable bonds is 4. The van der Waals surface area contributed by atoms with Gasteiger partial charge in [0.05, 0.1) is 12.7 Å². The summed E-state index contributed by atoms with van der Waals surface area (Å²) in [4.78, 5) is 23.6. The summed E-state index contributed by atoms with van der Waals surface area (Å²) in [7, 11) is 1.29. The number of methoxy groups -OCH3 is 1. The Morgan fingerprint density at radius 2 is 1.43 bits per heavy atom. The zero-order valence-electron chi connectivity index (χ0n) is 16.2. The smallest absolute Gasteiger partial charge is 0.465 e. The van der Waals surface area contributed by atoms with Gasteiger partial charge in [-0.3, -0.25) is 4.79 Å². The van der Waals surface area contributed by atoms with Crippen LogP contribution in [0.25, 0.3) is 22.3 Å². The zero-order valence-corrected chi connectivity index (χ0v) is 16.2. The molecule has 7 heteroatoms. The molecular weight excluding hydrogens is 395 g/mol. The maximum Gasteiger partial charge on any atom is 0.471 e. The van der Waals surface area contributed by atoms with E-state index in [1.165, 1.54) is 13.2 Å². The molecule has 30 heavy (non-hydrogen) atoms. The van der Waals surface area contributed by atoms with E-state index in [9.17, 15) is 22.8 Å². The monoisotopic (exact) mass is 413 g/mol. The lowest BCUT2D eigenvalue weighted by atomic mass is 9.93. The minimum absolute atomic E-state index is 0.0395. The fourth-order valence-electron chi connectivity index (χ4n) is 3.15. The molecule has 154 valence electrons. The number of esters is 1. The Kier molecular flexibility index (Phi) is 5.91. The SMILES string of the molecule is COC(=O)c1ccccc1-c1cc(C)cc(-c2ccccc2NC(=O)C(F)(F)F)c1. The van der Waals surface area contributed by atoms with Crippen LogP contribution in [-0.2, 0) is 9.53 Å². The van der Waals surface area contributed by atoms with Gasteiger partial charge in [-0.15, -0.1) is 0 Å². The highest BCUT2D eigenvalue weighted by Crippen LogP contribution is 2.34. The molecule has 0 bridgehead atoms. The highest BCUT2D eigenvalue weighted by Gasteiger charge is 2.39. The van der Waals surface area contributed by atoms with Gasteiger partial charge in [0, 0.05) is 11.3 Å². The number of hydrogen-bond acceptors (Lipinski definition) is 3. The van der Waals surface area contributed by atoms with Gasteiger partial charge in [0.1, 0.15) is 0 Å². The molecule has 0 saturated carbocycles. The molecule has 3 rings (SSSR count). The number of amides is 1. The highest BCUT2D eigenvalue weighted by atomic mass is 19.4. The van der Waals surface area contributed by atoms with Gasteiger partial charge in [0.15, 0.2) is 0 Å². The summed E-state index contributed by atoms with van der Waals surface area (Å²) in [6.07, 6.45) is -5.00. The van der Waals surface area contributed by atoms with Crippen molar-refractivity contribution in [3.63, 3.8) is 0 Å². The lowest BCUT2D eigenvalue weighted by Gasteiger charge is -2.15. The minimum atomic E-state index is -5.00. The quantitative estimate of drug-likeness (QED) is 0.565. The second-order valence-electron chi connectivity index (χ2n) is 6.62. The van der Waals surface area contributed by atoms with E-state index in [4.69, 9.17) is 4.74 Å². The van der Waals surface area contributed by atoms with Crippen LogP contribution in [0, 0.1) is 6.92 Å². The molecule has 0 atom stereocenters. The molecule has 3 aromatic rings. The first kappa shape index (κ1) is 21.1. The zero-order chi connectivity index (χ0) is 21.9. The molecule has 3 aromatic carbocycles. The normalized spacial score (nSPS) is 11.1. The van der Waals surface area contributed by atoms with E-state index in [2.05, 4.69) is 0 Å². The summed E-state index contributed by atoms with van der Waals surface area (Å²) in [5.74, 6) is -2.54. The van der Waals surface area contributed by atoms with Crippen molar-refractivity contribution in [2.24, 2.45) is 0 Å². The molecule has 0 radical (unpaired) electrons. The van der Waals surface area contributed by atoms with Gasteiger partial charge in [-0.2, -0.15) is 13.2 Å². The lowest BCUT2D eigenvalue weighted by molar-refractivity contribution is -0.167. The van der Waals surface area contributed by atoms with Crippen LogP contribution in [-0.4, -0.2) is 25.2 Å². The summed E-state index contributed by atoms with van der Waals surface area (Å²) in [5.41, 5.74) is 3.60. The van der Waals surface area contributed by atoms with Gasteiger partial charge in [-0.1, -0.05) is 48.5 Å². The Balaban J connectivity index is 2.11. The van der Waals surface area contributed by atoms with E-state index in [0.717, 1.165) is 5.56 Å². The maximum atomic E-state index is 12.7. The van der Waals surface area contributed by atoms with Crippen LogP contribution in [0.1, 0.15) is 15.9 Å². The number of ether oxygens (including phenoxy) is 1. The Morgan fingerprint density at radius 3 is 2.07 bits per heavy atom. The Labute approximate surface area is 171 Å². The van der Waals surface area contributed by atoms with Crippen LogP contribution in [0.2, 0.25) is 0 Å². The van der Waals surface area contributed by atoms with Crippen LogP contribution in [0.4, 0.5) is 18.9 Å². The van der Waals surface area contributed by atoms with Gasteiger partial charge < -0.3 is 10.1 Å². The summed E-state index contributed by atoms with van der Waals surface area (Å²) in [5, 5.41) is 1.93. The Bertz CT molecular complexity index is 1110. The number of aryl methyl sites for hydroxylation is 1. The third-order valence-corrected chi connectivity index (χ3v) is 4.46. The van der Waals surface area contributed by atoms with E-state index in [1.54, 1.807) is 54.6 Å². The van der Waals surface area contributed by atoms with Crippen molar-refractivity contribution in [1.82, 2.24) is 0 Å². The first-order valence-corrected chi connectivity index (χ1v) is 8.97. The number of halogens is 3. The van der Waals surface area contributed by atoms with Crippen molar-refractivity contribution < 1.29 is 27.5 Å². The fourth-order valence-corrected chi connectivity index (χ4v) is 3.15. The lowest BCUT2D eigenvalue weighted by Crippen LogP contribution is -2.30. The van der Waals surface area contributed by atoms with E-state index in [1.807, 2.05) is 18.3 Å². The molecule has 0 aromatic heterocycles. The molecule has 0 fully saturated rings.